The van der Waals surface area contributed by atoms with Crippen LogP contribution in [0.1, 0.15) is 32.3 Å². The van der Waals surface area contributed by atoms with E-state index in [0.717, 1.165) is 18.4 Å². The molecular weight excluding hydrogens is 352 g/mol. The summed E-state index contributed by atoms with van der Waals surface area (Å²) in [6.07, 6.45) is 5.09. The number of esters is 1. The number of unbranched alkanes of at least 4 members (excludes halogenated alkanes) is 1. The van der Waals surface area contributed by atoms with E-state index in [1.165, 1.54) is 6.08 Å². The first kappa shape index (κ1) is 19.9. The summed E-state index contributed by atoms with van der Waals surface area (Å²) in [5.74, 6) is 1.29. The molecule has 0 heterocycles. The first-order valence-electron chi connectivity index (χ1n) is 8.67. The molecule has 0 aliphatic rings. The molecule has 0 aromatic heterocycles. The van der Waals surface area contributed by atoms with E-state index < -0.39 is 5.97 Å². The minimum atomic E-state index is -0.478. The smallest absolute Gasteiger partial charge is 0.336 e. The average Bonchev–Trinajstić information content (AvgIpc) is 2.62. The molecule has 0 bridgehead atoms. The van der Waals surface area contributed by atoms with Crippen molar-refractivity contribution in [3.8, 4) is 17.2 Å². The van der Waals surface area contributed by atoms with Crippen LogP contribution in [0, 0.1) is 0 Å². The first-order chi connectivity index (χ1) is 12.6. The molecule has 0 atom stereocenters. The van der Waals surface area contributed by atoms with Gasteiger partial charge in [-0.2, -0.15) is 0 Å². The van der Waals surface area contributed by atoms with Crippen molar-refractivity contribution in [1.82, 2.24) is 0 Å². The molecule has 26 heavy (non-hydrogen) atoms. The summed E-state index contributed by atoms with van der Waals surface area (Å²) in [7, 11) is 0. The van der Waals surface area contributed by atoms with E-state index in [-0.39, 0.29) is 0 Å². The van der Waals surface area contributed by atoms with Crippen LogP contribution in [0.25, 0.3) is 6.08 Å². The summed E-state index contributed by atoms with van der Waals surface area (Å²) in [5, 5.41) is 0.513. The van der Waals surface area contributed by atoms with Gasteiger partial charge in [0.2, 0.25) is 0 Å². The third-order valence-electron chi connectivity index (χ3n) is 3.45. The highest BCUT2D eigenvalue weighted by atomic mass is 35.5. The van der Waals surface area contributed by atoms with Crippen molar-refractivity contribution in [3.05, 3.63) is 59.1 Å². The molecule has 0 unspecified atom stereocenters. The maximum atomic E-state index is 11.9. The standard InChI is InChI=1S/C21H23ClO4/c1-3-5-13-25-19-11-9-16(14-20(19)24-4-2)10-12-21(23)26-18-8-6-7-17(22)15-18/h6-12,14-15H,3-5,13H2,1-2H3/b12-10+. The summed E-state index contributed by atoms with van der Waals surface area (Å²) in [6.45, 7) is 5.22. The first-order valence-corrected chi connectivity index (χ1v) is 9.05. The third-order valence-corrected chi connectivity index (χ3v) is 3.68. The second-order valence-corrected chi connectivity index (χ2v) is 5.99. The Morgan fingerprint density at radius 3 is 2.65 bits per heavy atom. The van der Waals surface area contributed by atoms with Crippen molar-refractivity contribution in [2.45, 2.75) is 26.7 Å². The van der Waals surface area contributed by atoms with Gasteiger partial charge < -0.3 is 14.2 Å². The molecule has 0 saturated carbocycles. The van der Waals surface area contributed by atoms with Gasteiger partial charge in [-0.05, 0) is 55.3 Å². The van der Waals surface area contributed by atoms with Crippen LogP contribution in [0.3, 0.4) is 0 Å². The highest BCUT2D eigenvalue weighted by Crippen LogP contribution is 2.29. The minimum Gasteiger partial charge on any atom is -0.490 e. The van der Waals surface area contributed by atoms with Gasteiger partial charge in [-0.25, -0.2) is 4.79 Å². The fourth-order valence-corrected chi connectivity index (χ4v) is 2.37. The SMILES string of the molecule is CCCCOc1ccc(/C=C/C(=O)Oc2cccc(Cl)c2)cc1OCC. The van der Waals surface area contributed by atoms with E-state index in [1.807, 2.05) is 25.1 Å². The number of benzene rings is 2. The van der Waals surface area contributed by atoms with E-state index in [0.29, 0.717) is 35.5 Å². The number of hydrogen-bond acceptors (Lipinski definition) is 4. The maximum absolute atomic E-state index is 11.9. The lowest BCUT2D eigenvalue weighted by Crippen LogP contribution is -2.03. The van der Waals surface area contributed by atoms with Crippen molar-refractivity contribution in [2.24, 2.45) is 0 Å². The van der Waals surface area contributed by atoms with E-state index in [4.69, 9.17) is 25.8 Å². The van der Waals surface area contributed by atoms with Crippen molar-refractivity contribution in [1.29, 1.82) is 0 Å². The second kappa shape index (κ2) is 10.5. The van der Waals surface area contributed by atoms with Crippen molar-refractivity contribution < 1.29 is 19.0 Å². The third kappa shape index (κ3) is 6.45. The van der Waals surface area contributed by atoms with Crippen LogP contribution >= 0.6 is 11.6 Å². The molecule has 5 heteroatoms. The zero-order valence-corrected chi connectivity index (χ0v) is 15.8. The molecule has 138 valence electrons. The van der Waals surface area contributed by atoms with Gasteiger partial charge in [0.25, 0.3) is 0 Å². The Morgan fingerprint density at radius 1 is 1.08 bits per heavy atom. The normalized spacial score (nSPS) is 10.7. The van der Waals surface area contributed by atoms with Crippen LogP contribution in [-0.4, -0.2) is 19.2 Å². The van der Waals surface area contributed by atoms with Crippen LogP contribution in [0.4, 0.5) is 0 Å². The van der Waals surface area contributed by atoms with Gasteiger partial charge in [-0.15, -0.1) is 0 Å². The molecule has 0 amide bonds. The Hall–Kier alpha value is -2.46. The average molecular weight is 375 g/mol. The molecule has 0 aliphatic heterocycles. The van der Waals surface area contributed by atoms with Gasteiger partial charge in [-0.3, -0.25) is 0 Å². The van der Waals surface area contributed by atoms with Gasteiger partial charge in [0, 0.05) is 11.1 Å². The van der Waals surface area contributed by atoms with Crippen LogP contribution in [0.2, 0.25) is 5.02 Å². The lowest BCUT2D eigenvalue weighted by atomic mass is 10.2. The summed E-state index contributed by atoms with van der Waals surface area (Å²) < 4.78 is 16.6. The van der Waals surface area contributed by atoms with E-state index in [1.54, 1.807) is 30.3 Å². The number of ether oxygens (including phenoxy) is 3. The summed E-state index contributed by atoms with van der Waals surface area (Å²) in [4.78, 5) is 11.9. The van der Waals surface area contributed by atoms with Gasteiger partial charge in [-0.1, -0.05) is 37.1 Å². The molecule has 0 radical (unpaired) electrons. The number of carbonyl (C=O) groups is 1. The predicted octanol–water partition coefficient (Wildman–Crippen LogP) is 5.54. The molecule has 0 N–H and O–H groups in total. The molecule has 0 aliphatic carbocycles. The molecular formula is C21H23ClO4. The second-order valence-electron chi connectivity index (χ2n) is 5.55. The number of carbonyl (C=O) groups excluding carboxylic acids is 1. The van der Waals surface area contributed by atoms with Gasteiger partial charge in [0.15, 0.2) is 11.5 Å². The van der Waals surface area contributed by atoms with E-state index in [2.05, 4.69) is 6.92 Å². The summed E-state index contributed by atoms with van der Waals surface area (Å²) >= 11 is 5.87. The van der Waals surface area contributed by atoms with Crippen LogP contribution in [-0.2, 0) is 4.79 Å². The van der Waals surface area contributed by atoms with E-state index >= 15 is 0 Å². The highest BCUT2D eigenvalue weighted by molar-refractivity contribution is 6.30. The Bertz CT molecular complexity index is 755. The fourth-order valence-electron chi connectivity index (χ4n) is 2.19. The maximum Gasteiger partial charge on any atom is 0.336 e. The number of halogens is 1. The Morgan fingerprint density at radius 2 is 1.92 bits per heavy atom. The monoisotopic (exact) mass is 374 g/mol. The van der Waals surface area contributed by atoms with Crippen molar-refractivity contribution in [2.75, 3.05) is 13.2 Å². The molecule has 0 fully saturated rings. The Labute approximate surface area is 159 Å². The zero-order valence-electron chi connectivity index (χ0n) is 15.0. The number of hydrogen-bond donors (Lipinski definition) is 0. The van der Waals surface area contributed by atoms with Crippen LogP contribution in [0.5, 0.6) is 17.2 Å². The molecule has 2 rings (SSSR count). The quantitative estimate of drug-likeness (QED) is 0.250. The van der Waals surface area contributed by atoms with Gasteiger partial charge >= 0.3 is 5.97 Å². The molecule has 2 aromatic rings. The van der Waals surface area contributed by atoms with Crippen LogP contribution in [0.15, 0.2) is 48.5 Å². The topological polar surface area (TPSA) is 44.8 Å². The zero-order chi connectivity index (χ0) is 18.8. The molecule has 0 spiro atoms. The molecule has 0 saturated heterocycles. The van der Waals surface area contributed by atoms with Gasteiger partial charge in [0.1, 0.15) is 5.75 Å². The highest BCUT2D eigenvalue weighted by Gasteiger charge is 2.06. The summed E-state index contributed by atoms with van der Waals surface area (Å²) in [6, 6.07) is 12.3. The molecule has 2 aromatic carbocycles. The van der Waals surface area contributed by atoms with Crippen molar-refractivity contribution in [3.63, 3.8) is 0 Å². The predicted molar refractivity (Wildman–Crippen MR) is 104 cm³/mol. The number of rotatable bonds is 9. The van der Waals surface area contributed by atoms with Gasteiger partial charge in [0.05, 0.1) is 13.2 Å². The lowest BCUT2D eigenvalue weighted by molar-refractivity contribution is -0.128. The molecule has 4 nitrogen and oxygen atoms in total. The summed E-state index contributed by atoms with van der Waals surface area (Å²) in [5.41, 5.74) is 0.819. The Balaban J connectivity index is 2.04. The van der Waals surface area contributed by atoms with Crippen LogP contribution < -0.4 is 14.2 Å². The van der Waals surface area contributed by atoms with E-state index in [9.17, 15) is 4.79 Å². The fraction of sp³-hybridized carbons (Fsp3) is 0.286. The minimum absolute atomic E-state index is 0.404. The Kier molecular flexibility index (Phi) is 8.03. The van der Waals surface area contributed by atoms with Crippen molar-refractivity contribution >= 4 is 23.6 Å². The largest absolute Gasteiger partial charge is 0.490 e. The lowest BCUT2D eigenvalue weighted by Gasteiger charge is -2.12.